The second kappa shape index (κ2) is 56.5. The van der Waals surface area contributed by atoms with Gasteiger partial charge in [-0.05, 0) is 183 Å². The Morgan fingerprint density at radius 3 is 0.613 bits per heavy atom. The Morgan fingerprint density at radius 2 is 0.412 bits per heavy atom. The predicted molar refractivity (Wildman–Crippen MR) is 495 cm³/mol. The zero-order chi connectivity index (χ0) is 84.4. The summed E-state index contributed by atoms with van der Waals surface area (Å²) in [6.07, 6.45) is 50.0. The van der Waals surface area contributed by atoms with Crippen molar-refractivity contribution in [3.63, 3.8) is 0 Å². The molecule has 0 aromatic heterocycles. The van der Waals surface area contributed by atoms with Crippen molar-refractivity contribution < 1.29 is 58.1 Å². The van der Waals surface area contributed by atoms with Gasteiger partial charge in [0.05, 0.1) is 68.8 Å². The van der Waals surface area contributed by atoms with Crippen LogP contribution in [0.3, 0.4) is 0 Å². The summed E-state index contributed by atoms with van der Waals surface area (Å²) < 4.78 is 144. The largest absolute Gasteiger partial charge is 0.494 e. The highest BCUT2D eigenvalue weighted by molar-refractivity contribution is 7.93. The number of benzene rings is 8. The summed E-state index contributed by atoms with van der Waals surface area (Å²) in [6.45, 7) is 14.8. The second-order valence-corrected chi connectivity index (χ2v) is 38.3. The molecular formula is C98H142N4O13S4. The molecule has 6 N–H and O–H groups in total. The van der Waals surface area contributed by atoms with E-state index < -0.39 is 40.1 Å². The number of rotatable bonds is 62. The van der Waals surface area contributed by atoms with Gasteiger partial charge in [-0.3, -0.25) is 18.9 Å². The molecule has 21 heteroatoms. The van der Waals surface area contributed by atoms with Crippen LogP contribution in [0.5, 0.6) is 23.0 Å². The number of ether oxygens (including phenoxy) is 4. The number of unbranched alkanes of at least 4 members (excludes halogenated alkanes) is 36. The molecule has 8 rings (SSSR count). The van der Waals surface area contributed by atoms with E-state index in [2.05, 4.69) is 46.6 Å². The third-order valence-electron chi connectivity index (χ3n) is 21.5. The Kier molecular flexibility index (Phi) is 47.4. The van der Waals surface area contributed by atoms with Crippen LogP contribution in [0, 0.1) is 13.8 Å². The van der Waals surface area contributed by atoms with Crippen molar-refractivity contribution in [1.82, 2.24) is 0 Å². The van der Waals surface area contributed by atoms with Gasteiger partial charge in [0.2, 0.25) is 0 Å². The van der Waals surface area contributed by atoms with Gasteiger partial charge in [0, 0.05) is 11.1 Å². The lowest BCUT2D eigenvalue weighted by Crippen LogP contribution is -2.16. The van der Waals surface area contributed by atoms with E-state index >= 15 is 0 Å². The Labute approximate surface area is 717 Å². The molecule has 0 aliphatic carbocycles. The summed E-state index contributed by atoms with van der Waals surface area (Å²) in [5.41, 5.74) is 4.98. The van der Waals surface area contributed by atoms with Crippen molar-refractivity contribution in [2.24, 2.45) is 0 Å². The molecule has 0 heterocycles. The molecule has 0 atom stereocenters. The standard InChI is InChI=1S/2C49H70N2O6S2.H2O/c2*1-4-6-8-10-12-14-16-18-20-25-37-56-43-29-33-45(34-30-43)58(52,53)50-48-40-47(42-27-23-22-24-28-42)49(39-41(48)3)51-59(54,55)46-35-31-44(32-36-46)57-38-26-21-19-17-15-13-11-9-7-5-2;/h2*22-24,27-36,39-40,50-51H,4-21,25-26,37-38H2,1-3H3;1H2. The van der Waals surface area contributed by atoms with Crippen molar-refractivity contribution in [1.29, 1.82) is 0 Å². The van der Waals surface area contributed by atoms with Crippen LogP contribution < -0.4 is 37.8 Å². The average molecular weight is 1710 g/mol. The Hall–Kier alpha value is -8.08. The highest BCUT2D eigenvalue weighted by Crippen LogP contribution is 2.39. The topological polar surface area (TPSA) is 253 Å². The van der Waals surface area contributed by atoms with Gasteiger partial charge < -0.3 is 24.4 Å². The van der Waals surface area contributed by atoms with Crippen LogP contribution in [0.4, 0.5) is 22.7 Å². The van der Waals surface area contributed by atoms with E-state index in [1.54, 1.807) is 135 Å². The van der Waals surface area contributed by atoms with E-state index in [0.717, 1.165) is 62.5 Å². The molecule has 0 aliphatic heterocycles. The highest BCUT2D eigenvalue weighted by atomic mass is 32.2. The summed E-state index contributed by atoms with van der Waals surface area (Å²) >= 11 is 0. The average Bonchev–Trinajstić information content (AvgIpc) is 0.785. The Balaban J connectivity index is 0.000000366. The first kappa shape index (κ1) is 99.7. The number of sulfonamides is 4. The van der Waals surface area contributed by atoms with Crippen LogP contribution in [-0.2, 0) is 40.1 Å². The smallest absolute Gasteiger partial charge is 0.261 e. The first-order chi connectivity index (χ1) is 57.2. The van der Waals surface area contributed by atoms with Gasteiger partial charge in [-0.15, -0.1) is 0 Å². The maximum Gasteiger partial charge on any atom is 0.261 e. The summed E-state index contributed by atoms with van der Waals surface area (Å²) in [7, 11) is -15.9. The first-order valence-corrected chi connectivity index (χ1v) is 50.6. The van der Waals surface area contributed by atoms with E-state index in [4.69, 9.17) is 18.9 Å². The normalized spacial score (nSPS) is 11.6. The van der Waals surface area contributed by atoms with Crippen molar-refractivity contribution >= 4 is 62.8 Å². The van der Waals surface area contributed by atoms with Crippen LogP contribution in [0.15, 0.2) is 202 Å². The number of hydrogen-bond acceptors (Lipinski definition) is 12. The van der Waals surface area contributed by atoms with Crippen molar-refractivity contribution in [2.75, 3.05) is 45.3 Å². The molecule has 0 saturated carbocycles. The zero-order valence-electron chi connectivity index (χ0n) is 72.5. The zero-order valence-corrected chi connectivity index (χ0v) is 75.7. The maximum absolute atomic E-state index is 13.7. The Bertz CT molecular complexity index is 4270. The third-order valence-corrected chi connectivity index (χ3v) is 27.0. The van der Waals surface area contributed by atoms with Crippen molar-refractivity contribution in [2.45, 2.75) is 318 Å². The lowest BCUT2D eigenvalue weighted by molar-refractivity contribution is 0.304. The summed E-state index contributed by atoms with van der Waals surface area (Å²) in [5.74, 6) is 2.52. The molecule has 0 spiro atoms. The van der Waals surface area contributed by atoms with E-state index in [1.165, 1.54) is 205 Å². The fraction of sp³-hybridized carbons (Fsp3) is 0.510. The first-order valence-electron chi connectivity index (χ1n) is 44.7. The van der Waals surface area contributed by atoms with E-state index in [-0.39, 0.29) is 25.1 Å². The summed E-state index contributed by atoms with van der Waals surface area (Å²) in [5, 5.41) is 0. The molecule has 8 aromatic carbocycles. The van der Waals surface area contributed by atoms with Crippen molar-refractivity contribution in [3.8, 4) is 45.3 Å². The lowest BCUT2D eigenvalue weighted by atomic mass is 10.0. The molecule has 0 unspecified atom stereocenters. The molecular weight excluding hydrogens is 1570 g/mol. The lowest BCUT2D eigenvalue weighted by Gasteiger charge is -2.18. The number of hydrogen-bond donors (Lipinski definition) is 4. The minimum absolute atomic E-state index is 0. The quantitative estimate of drug-likeness (QED) is 0.0260. The molecule has 656 valence electrons. The molecule has 0 amide bonds. The number of anilines is 4. The molecule has 0 radical (unpaired) electrons. The molecule has 119 heavy (non-hydrogen) atoms. The molecule has 0 aliphatic rings. The fourth-order valence-electron chi connectivity index (χ4n) is 14.3. The van der Waals surface area contributed by atoms with Crippen LogP contribution in [0.2, 0.25) is 0 Å². The van der Waals surface area contributed by atoms with E-state index in [9.17, 15) is 33.7 Å². The van der Waals surface area contributed by atoms with Gasteiger partial charge in [0.15, 0.2) is 0 Å². The molecule has 17 nitrogen and oxygen atoms in total. The van der Waals surface area contributed by atoms with Gasteiger partial charge in [-0.25, -0.2) is 33.7 Å². The molecule has 0 saturated heterocycles. The summed E-state index contributed by atoms with van der Waals surface area (Å²) in [6, 6.07) is 51.1. The molecule has 0 bridgehead atoms. The van der Waals surface area contributed by atoms with Gasteiger partial charge in [0.25, 0.3) is 40.1 Å². The van der Waals surface area contributed by atoms with Crippen LogP contribution in [0.1, 0.15) is 296 Å². The van der Waals surface area contributed by atoms with Gasteiger partial charge >= 0.3 is 0 Å². The molecule has 8 aromatic rings. The van der Waals surface area contributed by atoms with Gasteiger partial charge in [0.1, 0.15) is 23.0 Å². The van der Waals surface area contributed by atoms with Crippen LogP contribution in [-0.4, -0.2) is 65.6 Å². The fourth-order valence-corrected chi connectivity index (χ4v) is 18.7. The van der Waals surface area contributed by atoms with Gasteiger partial charge in [-0.2, -0.15) is 0 Å². The monoisotopic (exact) mass is 1710 g/mol. The van der Waals surface area contributed by atoms with E-state index in [0.29, 0.717) is 94.4 Å². The number of aryl methyl sites for hydroxylation is 2. The SMILES string of the molecule is CCCCCCCCCCCCOc1ccc(S(=O)(=O)Nc2cc(-c3ccccc3)c(NS(=O)(=O)c3ccc(OCCCCCCCCCCCC)cc3)cc2C)cc1.CCCCCCCCCCCCOc1ccc(S(=O)(=O)Nc2cc(-c3ccccc3)c(NS(=O)(=O)c3ccc(OCCCCCCCCCCCC)cc3)cc2C)cc1.O. The number of nitrogens with one attached hydrogen (secondary N) is 4. The van der Waals surface area contributed by atoms with Crippen LogP contribution in [0.25, 0.3) is 22.3 Å². The summed E-state index contributed by atoms with van der Waals surface area (Å²) in [4.78, 5) is 0.401. The predicted octanol–water partition coefficient (Wildman–Crippen LogP) is 26.9. The second-order valence-electron chi connectivity index (χ2n) is 31.6. The highest BCUT2D eigenvalue weighted by Gasteiger charge is 2.25. The van der Waals surface area contributed by atoms with Crippen LogP contribution >= 0.6 is 0 Å². The minimum atomic E-state index is -3.99. The maximum atomic E-state index is 13.7. The van der Waals surface area contributed by atoms with Gasteiger partial charge in [-0.1, -0.05) is 320 Å². The van der Waals surface area contributed by atoms with E-state index in [1.807, 2.05) is 60.7 Å². The third kappa shape index (κ3) is 37.8. The minimum Gasteiger partial charge on any atom is -0.494 e. The molecule has 0 fully saturated rings. The van der Waals surface area contributed by atoms with Crippen molar-refractivity contribution in [3.05, 3.63) is 193 Å². The Morgan fingerprint density at radius 1 is 0.227 bits per heavy atom.